The van der Waals surface area contributed by atoms with E-state index in [0.29, 0.717) is 29.1 Å². The molecule has 0 N–H and O–H groups in total. The number of hydrogen-bond acceptors (Lipinski definition) is 4. The molecule has 0 saturated heterocycles. The van der Waals surface area contributed by atoms with Gasteiger partial charge >= 0.3 is 11.9 Å². The van der Waals surface area contributed by atoms with Crippen LogP contribution in [0.2, 0.25) is 0 Å². The highest BCUT2D eigenvalue weighted by Gasteiger charge is 2.72. The molecule has 5 rings (SSSR count). The molecular formula is C34H54O4. The summed E-state index contributed by atoms with van der Waals surface area (Å²) in [4.78, 5) is 24.6. The summed E-state index contributed by atoms with van der Waals surface area (Å²) < 4.78 is 12.3. The third-order valence-electron chi connectivity index (χ3n) is 13.9. The molecule has 0 aromatic carbocycles. The molecule has 0 aromatic rings. The Balaban J connectivity index is 1.59. The van der Waals surface area contributed by atoms with Crippen molar-refractivity contribution in [3.63, 3.8) is 0 Å². The number of carbonyl (C=O) groups is 2. The normalized spacial score (nSPS) is 51.0. The van der Waals surface area contributed by atoms with Crippen LogP contribution < -0.4 is 0 Å². The van der Waals surface area contributed by atoms with Crippen molar-refractivity contribution in [2.45, 2.75) is 132 Å². The molecule has 0 radical (unpaired) electrons. The zero-order valence-electron chi connectivity index (χ0n) is 25.7. The monoisotopic (exact) mass is 526 g/mol. The molecule has 5 aliphatic rings. The maximum absolute atomic E-state index is 12.6. The van der Waals surface area contributed by atoms with Crippen molar-refractivity contribution in [2.75, 3.05) is 0 Å². The first-order valence-electron chi connectivity index (χ1n) is 15.5. The Morgan fingerprint density at radius 1 is 0.763 bits per heavy atom. The summed E-state index contributed by atoms with van der Waals surface area (Å²) in [6.45, 7) is 24.6. The molecule has 0 amide bonds. The van der Waals surface area contributed by atoms with E-state index < -0.39 is 0 Å². The van der Waals surface area contributed by atoms with Gasteiger partial charge in [0.25, 0.3) is 0 Å². The van der Waals surface area contributed by atoms with Crippen LogP contribution >= 0.6 is 0 Å². The lowest BCUT2D eigenvalue weighted by Crippen LogP contribution is -2.70. The van der Waals surface area contributed by atoms with Crippen LogP contribution in [0.3, 0.4) is 0 Å². The number of carbonyl (C=O) groups excluding carboxylic acids is 2. The predicted octanol–water partition coefficient (Wildman–Crippen LogP) is 8.14. The second-order valence-electron chi connectivity index (χ2n) is 16.0. The van der Waals surface area contributed by atoms with Gasteiger partial charge < -0.3 is 9.47 Å². The van der Waals surface area contributed by atoms with E-state index in [0.717, 1.165) is 19.3 Å². The fourth-order valence-electron chi connectivity index (χ4n) is 12.3. The molecule has 0 heterocycles. The van der Waals surface area contributed by atoms with E-state index >= 15 is 0 Å². The predicted molar refractivity (Wildman–Crippen MR) is 151 cm³/mol. The number of ether oxygens (including phenoxy) is 2. The summed E-state index contributed by atoms with van der Waals surface area (Å²) in [5.74, 6) is 2.38. The van der Waals surface area contributed by atoms with Crippen LogP contribution in [0.1, 0.15) is 120 Å². The third-order valence-corrected chi connectivity index (χ3v) is 13.9. The van der Waals surface area contributed by atoms with E-state index in [1.165, 1.54) is 51.0 Å². The van der Waals surface area contributed by atoms with Gasteiger partial charge in [0.1, 0.15) is 12.2 Å². The van der Waals surface area contributed by atoms with E-state index in [4.69, 9.17) is 9.47 Å². The van der Waals surface area contributed by atoms with Gasteiger partial charge in [-0.3, -0.25) is 9.59 Å². The van der Waals surface area contributed by atoms with E-state index in [1.807, 2.05) is 0 Å². The lowest BCUT2D eigenvalue weighted by atomic mass is 9.32. The molecule has 38 heavy (non-hydrogen) atoms. The topological polar surface area (TPSA) is 52.6 Å². The van der Waals surface area contributed by atoms with E-state index in [-0.39, 0.29) is 51.7 Å². The third kappa shape index (κ3) is 3.73. The van der Waals surface area contributed by atoms with Crippen LogP contribution in [0.15, 0.2) is 12.2 Å². The fourth-order valence-corrected chi connectivity index (χ4v) is 12.3. The summed E-state index contributed by atoms with van der Waals surface area (Å²) in [6, 6.07) is 0. The van der Waals surface area contributed by atoms with Gasteiger partial charge in [0, 0.05) is 25.2 Å². The van der Waals surface area contributed by atoms with Gasteiger partial charge in [-0.25, -0.2) is 0 Å². The van der Waals surface area contributed by atoms with Crippen molar-refractivity contribution in [1.82, 2.24) is 0 Å². The zero-order valence-corrected chi connectivity index (χ0v) is 25.7. The van der Waals surface area contributed by atoms with Crippen molar-refractivity contribution in [2.24, 2.45) is 56.7 Å². The minimum absolute atomic E-state index is 0.0332. The lowest BCUT2D eigenvalue weighted by molar-refractivity contribution is -0.278. The number of hydrogen-bond donors (Lipinski definition) is 0. The van der Waals surface area contributed by atoms with Crippen LogP contribution in [0, 0.1) is 56.7 Å². The highest BCUT2D eigenvalue weighted by molar-refractivity contribution is 5.66. The van der Waals surface area contributed by atoms with Gasteiger partial charge in [0.2, 0.25) is 0 Å². The molecule has 5 saturated carbocycles. The second-order valence-corrected chi connectivity index (χ2v) is 16.0. The van der Waals surface area contributed by atoms with E-state index in [9.17, 15) is 9.59 Å². The SMILES string of the molecule is C=C(C)[C@@H]1CC[C@]2(C)CC[C@]3(C)[C@H](CC[C@@H]4[C@@]5(C)CC[C@H](OC(C)=O)C(C)(C)[C@@H]5[C@@H](OC(C)=O)C[C@]43C)[C@@H]12. The Bertz CT molecular complexity index is 1010. The molecule has 0 aromatic heterocycles. The highest BCUT2D eigenvalue weighted by Crippen LogP contribution is 2.77. The first-order valence-corrected chi connectivity index (χ1v) is 15.5. The van der Waals surface area contributed by atoms with Crippen molar-refractivity contribution < 1.29 is 19.1 Å². The van der Waals surface area contributed by atoms with Crippen LogP contribution in [0.5, 0.6) is 0 Å². The summed E-state index contributed by atoms with van der Waals surface area (Å²) in [6.07, 6.45) is 10.3. The lowest BCUT2D eigenvalue weighted by Gasteiger charge is -2.73. The second kappa shape index (κ2) is 8.84. The van der Waals surface area contributed by atoms with Gasteiger partial charge in [0.05, 0.1) is 0 Å². The minimum Gasteiger partial charge on any atom is -0.462 e. The Morgan fingerprint density at radius 3 is 2.03 bits per heavy atom. The quantitative estimate of drug-likeness (QED) is 0.275. The molecule has 0 aliphatic heterocycles. The molecule has 11 atom stereocenters. The Labute approximate surface area is 232 Å². The molecule has 5 aliphatic carbocycles. The van der Waals surface area contributed by atoms with Gasteiger partial charge in [-0.1, -0.05) is 53.7 Å². The number of fused-ring (bicyclic) bond motifs is 7. The molecule has 4 heteroatoms. The number of allylic oxidation sites excluding steroid dienone is 1. The molecule has 0 spiro atoms. The Kier molecular flexibility index (Phi) is 6.56. The first-order chi connectivity index (χ1) is 17.5. The van der Waals surface area contributed by atoms with Crippen LogP contribution in [0.25, 0.3) is 0 Å². The smallest absolute Gasteiger partial charge is 0.302 e. The maximum Gasteiger partial charge on any atom is 0.302 e. The van der Waals surface area contributed by atoms with Crippen molar-refractivity contribution in [3.8, 4) is 0 Å². The maximum atomic E-state index is 12.6. The molecular weight excluding hydrogens is 472 g/mol. The summed E-state index contributed by atoms with van der Waals surface area (Å²) in [5.41, 5.74) is 1.88. The Hall–Kier alpha value is -1.32. The van der Waals surface area contributed by atoms with Gasteiger partial charge in [-0.05, 0) is 110 Å². The molecule has 0 unspecified atom stereocenters. The number of rotatable bonds is 3. The molecule has 5 fully saturated rings. The summed E-state index contributed by atoms with van der Waals surface area (Å²) in [7, 11) is 0. The van der Waals surface area contributed by atoms with Crippen LogP contribution in [-0.2, 0) is 19.1 Å². The molecule has 4 nitrogen and oxygen atoms in total. The number of esters is 2. The van der Waals surface area contributed by atoms with Crippen LogP contribution in [0.4, 0.5) is 0 Å². The Morgan fingerprint density at radius 2 is 1.42 bits per heavy atom. The van der Waals surface area contributed by atoms with Crippen molar-refractivity contribution in [3.05, 3.63) is 12.2 Å². The largest absolute Gasteiger partial charge is 0.462 e. The van der Waals surface area contributed by atoms with E-state index in [1.54, 1.807) is 6.92 Å². The fraction of sp³-hybridized carbons (Fsp3) is 0.882. The van der Waals surface area contributed by atoms with Crippen LogP contribution in [-0.4, -0.2) is 24.1 Å². The van der Waals surface area contributed by atoms with Gasteiger partial charge in [-0.2, -0.15) is 0 Å². The average molecular weight is 527 g/mol. The molecule has 214 valence electrons. The average Bonchev–Trinajstić information content (AvgIpc) is 3.13. The van der Waals surface area contributed by atoms with Crippen molar-refractivity contribution >= 4 is 11.9 Å². The first kappa shape index (κ1) is 28.2. The van der Waals surface area contributed by atoms with Gasteiger partial charge in [-0.15, -0.1) is 0 Å². The zero-order chi connectivity index (χ0) is 28.1. The minimum atomic E-state index is -0.264. The van der Waals surface area contributed by atoms with E-state index in [2.05, 4.69) is 55.0 Å². The van der Waals surface area contributed by atoms with Crippen molar-refractivity contribution in [1.29, 1.82) is 0 Å². The van der Waals surface area contributed by atoms with Gasteiger partial charge in [0.15, 0.2) is 0 Å². The highest BCUT2D eigenvalue weighted by atomic mass is 16.5. The standard InChI is InChI=1S/C34H54O4/c1-20(2)23-13-15-31(7)17-18-33(9)24(28(23)31)11-12-26-32(8)16-14-27(38-22(4)36)30(5,6)29(32)25(37-21(3)35)19-34(26,33)10/h23-29H,1,11-19H2,2-10H3/t23-,24+,25-,26+,27-,28+,29-,31+,32+,33+,34+/m0/s1. The molecule has 0 bridgehead atoms. The summed E-state index contributed by atoms with van der Waals surface area (Å²) >= 11 is 0. The summed E-state index contributed by atoms with van der Waals surface area (Å²) in [5, 5.41) is 0.